The highest BCUT2D eigenvalue weighted by Crippen LogP contribution is 2.24. The molecular weight excluding hydrogens is 198 g/mol. The number of hydrogen-bond donors (Lipinski definition) is 1. The standard InChI is InChI=1S/C13H15N3/c14-11-6-4-10(5-7-11)13-15-9-12-3-1-2-8-16(12)13/h4-7,9H,1-3,8,14H2. The topological polar surface area (TPSA) is 43.8 Å². The summed E-state index contributed by atoms with van der Waals surface area (Å²) in [6.07, 6.45) is 5.70. The highest BCUT2D eigenvalue weighted by Gasteiger charge is 2.14. The van der Waals surface area contributed by atoms with Gasteiger partial charge in [-0.15, -0.1) is 0 Å². The van der Waals surface area contributed by atoms with Crippen LogP contribution in [0.5, 0.6) is 0 Å². The van der Waals surface area contributed by atoms with Crippen molar-refractivity contribution in [3.05, 3.63) is 36.2 Å². The molecule has 2 N–H and O–H groups in total. The number of hydrogen-bond acceptors (Lipinski definition) is 2. The third-order valence-electron chi connectivity index (χ3n) is 3.17. The van der Waals surface area contributed by atoms with E-state index >= 15 is 0 Å². The van der Waals surface area contributed by atoms with Gasteiger partial charge < -0.3 is 10.3 Å². The molecule has 16 heavy (non-hydrogen) atoms. The number of rotatable bonds is 1. The summed E-state index contributed by atoms with van der Waals surface area (Å²) in [5, 5.41) is 0. The second kappa shape index (κ2) is 3.67. The fourth-order valence-electron chi connectivity index (χ4n) is 2.30. The highest BCUT2D eigenvalue weighted by atomic mass is 15.1. The lowest BCUT2D eigenvalue weighted by Crippen LogP contribution is -2.10. The van der Waals surface area contributed by atoms with Crippen molar-refractivity contribution in [3.63, 3.8) is 0 Å². The molecule has 0 atom stereocenters. The fraction of sp³-hybridized carbons (Fsp3) is 0.308. The van der Waals surface area contributed by atoms with Gasteiger partial charge >= 0.3 is 0 Å². The Morgan fingerprint density at radius 1 is 1.12 bits per heavy atom. The average Bonchev–Trinajstić information content (AvgIpc) is 2.74. The molecule has 82 valence electrons. The van der Waals surface area contributed by atoms with Gasteiger partial charge in [-0.1, -0.05) is 0 Å². The quantitative estimate of drug-likeness (QED) is 0.739. The van der Waals surface area contributed by atoms with E-state index in [9.17, 15) is 0 Å². The van der Waals surface area contributed by atoms with Crippen LogP contribution < -0.4 is 5.73 Å². The Hall–Kier alpha value is -1.77. The molecule has 2 heterocycles. The van der Waals surface area contributed by atoms with Crippen LogP contribution in [0.15, 0.2) is 30.5 Å². The first-order chi connectivity index (χ1) is 7.84. The van der Waals surface area contributed by atoms with Gasteiger partial charge in [-0.2, -0.15) is 0 Å². The Morgan fingerprint density at radius 2 is 1.94 bits per heavy atom. The van der Waals surface area contributed by atoms with Crippen LogP contribution in [0.4, 0.5) is 5.69 Å². The second-order valence-electron chi connectivity index (χ2n) is 4.30. The van der Waals surface area contributed by atoms with Crippen LogP contribution in [-0.2, 0) is 13.0 Å². The van der Waals surface area contributed by atoms with Crippen molar-refractivity contribution in [1.29, 1.82) is 0 Å². The number of aromatic nitrogens is 2. The predicted octanol–water partition coefficient (Wildman–Crippen LogP) is 2.47. The Kier molecular flexibility index (Phi) is 2.17. The number of nitrogens with zero attached hydrogens (tertiary/aromatic N) is 2. The van der Waals surface area contributed by atoms with Gasteiger partial charge in [0.2, 0.25) is 0 Å². The van der Waals surface area contributed by atoms with Crippen LogP contribution in [0.25, 0.3) is 11.4 Å². The first-order valence-corrected chi connectivity index (χ1v) is 5.75. The summed E-state index contributed by atoms with van der Waals surface area (Å²) in [5.74, 6) is 1.08. The zero-order valence-electron chi connectivity index (χ0n) is 9.19. The zero-order chi connectivity index (χ0) is 11.0. The summed E-state index contributed by atoms with van der Waals surface area (Å²) in [7, 11) is 0. The lowest BCUT2D eigenvalue weighted by atomic mass is 10.1. The van der Waals surface area contributed by atoms with Crippen molar-refractivity contribution in [1.82, 2.24) is 9.55 Å². The van der Waals surface area contributed by atoms with E-state index in [4.69, 9.17) is 5.73 Å². The van der Waals surface area contributed by atoms with Gasteiger partial charge in [0.05, 0.1) is 0 Å². The maximum Gasteiger partial charge on any atom is 0.140 e. The maximum atomic E-state index is 5.69. The fourth-order valence-corrected chi connectivity index (χ4v) is 2.30. The van der Waals surface area contributed by atoms with Gasteiger partial charge in [0.1, 0.15) is 5.82 Å². The van der Waals surface area contributed by atoms with Gasteiger partial charge in [-0.25, -0.2) is 4.98 Å². The van der Waals surface area contributed by atoms with E-state index in [0.29, 0.717) is 0 Å². The lowest BCUT2D eigenvalue weighted by Gasteiger charge is -2.16. The van der Waals surface area contributed by atoms with Gasteiger partial charge in [-0.05, 0) is 43.5 Å². The highest BCUT2D eigenvalue weighted by molar-refractivity contribution is 5.59. The minimum Gasteiger partial charge on any atom is -0.399 e. The van der Waals surface area contributed by atoms with E-state index in [1.165, 1.54) is 18.5 Å². The van der Waals surface area contributed by atoms with Crippen molar-refractivity contribution >= 4 is 5.69 Å². The van der Waals surface area contributed by atoms with Crippen LogP contribution in [-0.4, -0.2) is 9.55 Å². The summed E-state index contributed by atoms with van der Waals surface area (Å²) < 4.78 is 2.33. The van der Waals surface area contributed by atoms with Crippen LogP contribution >= 0.6 is 0 Å². The Morgan fingerprint density at radius 3 is 2.75 bits per heavy atom. The number of fused-ring (bicyclic) bond motifs is 1. The Labute approximate surface area is 94.9 Å². The SMILES string of the molecule is Nc1ccc(-c2ncc3n2CCCC3)cc1. The van der Waals surface area contributed by atoms with Crippen LogP contribution in [0, 0.1) is 0 Å². The van der Waals surface area contributed by atoms with Gasteiger partial charge in [-0.3, -0.25) is 0 Å². The number of nitrogens with two attached hydrogens (primary N) is 1. The molecule has 0 saturated carbocycles. The third-order valence-corrected chi connectivity index (χ3v) is 3.17. The number of nitrogen functional groups attached to an aromatic ring is 1. The van der Waals surface area contributed by atoms with E-state index in [2.05, 4.69) is 9.55 Å². The van der Waals surface area contributed by atoms with Crippen molar-refractivity contribution in [2.24, 2.45) is 0 Å². The van der Waals surface area contributed by atoms with Crippen LogP contribution in [0.3, 0.4) is 0 Å². The van der Waals surface area contributed by atoms with E-state index in [-0.39, 0.29) is 0 Å². The molecule has 1 aromatic carbocycles. The summed E-state index contributed by atoms with van der Waals surface area (Å²) in [6.45, 7) is 1.09. The molecular formula is C13H15N3. The van der Waals surface area contributed by atoms with Crippen molar-refractivity contribution < 1.29 is 0 Å². The number of anilines is 1. The summed E-state index contributed by atoms with van der Waals surface area (Å²) in [5.41, 5.74) is 9.01. The van der Waals surface area contributed by atoms with Crippen LogP contribution in [0.1, 0.15) is 18.5 Å². The minimum absolute atomic E-state index is 0.800. The second-order valence-corrected chi connectivity index (χ2v) is 4.30. The lowest BCUT2D eigenvalue weighted by molar-refractivity contribution is 0.536. The molecule has 0 bridgehead atoms. The Balaban J connectivity index is 2.06. The first-order valence-electron chi connectivity index (χ1n) is 5.75. The van der Waals surface area contributed by atoms with Crippen molar-refractivity contribution in [2.75, 3.05) is 5.73 Å². The molecule has 3 rings (SSSR count). The molecule has 0 saturated heterocycles. The normalized spacial score (nSPS) is 14.8. The molecule has 0 amide bonds. The molecule has 0 spiro atoms. The number of aryl methyl sites for hydroxylation is 1. The van der Waals surface area contributed by atoms with Crippen molar-refractivity contribution in [2.45, 2.75) is 25.8 Å². The summed E-state index contributed by atoms with van der Waals surface area (Å²) >= 11 is 0. The van der Waals surface area contributed by atoms with E-state index < -0.39 is 0 Å². The molecule has 0 radical (unpaired) electrons. The smallest absolute Gasteiger partial charge is 0.140 e. The molecule has 1 aliphatic heterocycles. The molecule has 0 aliphatic carbocycles. The number of imidazole rings is 1. The molecule has 3 nitrogen and oxygen atoms in total. The molecule has 1 aromatic heterocycles. The first kappa shape index (κ1) is 9.46. The molecule has 2 aromatic rings. The average molecular weight is 213 g/mol. The summed E-state index contributed by atoms with van der Waals surface area (Å²) in [4.78, 5) is 4.52. The minimum atomic E-state index is 0.800. The Bertz CT molecular complexity index is 496. The van der Waals surface area contributed by atoms with Gasteiger partial charge in [0.25, 0.3) is 0 Å². The van der Waals surface area contributed by atoms with E-state index in [0.717, 1.165) is 30.0 Å². The molecule has 0 fully saturated rings. The summed E-state index contributed by atoms with van der Waals surface area (Å²) in [6, 6.07) is 7.94. The van der Waals surface area contributed by atoms with Crippen molar-refractivity contribution in [3.8, 4) is 11.4 Å². The van der Waals surface area contributed by atoms with E-state index in [1.54, 1.807) is 0 Å². The number of benzene rings is 1. The maximum absolute atomic E-state index is 5.69. The largest absolute Gasteiger partial charge is 0.399 e. The zero-order valence-corrected chi connectivity index (χ0v) is 9.19. The molecule has 1 aliphatic rings. The van der Waals surface area contributed by atoms with E-state index in [1.807, 2.05) is 30.5 Å². The molecule has 3 heteroatoms. The monoisotopic (exact) mass is 213 g/mol. The van der Waals surface area contributed by atoms with Gasteiger partial charge in [0, 0.05) is 29.7 Å². The van der Waals surface area contributed by atoms with Gasteiger partial charge in [0.15, 0.2) is 0 Å². The molecule has 0 unspecified atom stereocenters. The predicted molar refractivity (Wildman–Crippen MR) is 65.0 cm³/mol. The third kappa shape index (κ3) is 1.48. The van der Waals surface area contributed by atoms with Crippen LogP contribution in [0.2, 0.25) is 0 Å².